The van der Waals surface area contributed by atoms with Crippen molar-refractivity contribution in [3.8, 4) is 34.4 Å². The summed E-state index contributed by atoms with van der Waals surface area (Å²) in [7, 11) is 0. The second-order valence-electron chi connectivity index (χ2n) is 13.1. The van der Waals surface area contributed by atoms with Gasteiger partial charge >= 0.3 is 0 Å². The van der Waals surface area contributed by atoms with Crippen molar-refractivity contribution in [2.75, 3.05) is 26.2 Å². The molecule has 0 atom stereocenters. The molecule has 0 radical (unpaired) electrons. The number of halogens is 1. The van der Waals surface area contributed by atoms with E-state index in [0.717, 1.165) is 74.8 Å². The third-order valence-electron chi connectivity index (χ3n) is 9.46. The van der Waals surface area contributed by atoms with Crippen LogP contribution in [0.1, 0.15) is 70.3 Å². The first-order valence-corrected chi connectivity index (χ1v) is 19.3. The van der Waals surface area contributed by atoms with Crippen molar-refractivity contribution in [2.24, 2.45) is 0 Å². The van der Waals surface area contributed by atoms with Crippen LogP contribution in [-0.2, 0) is 32.7 Å². The van der Waals surface area contributed by atoms with Crippen LogP contribution in [0.4, 0.5) is 0 Å². The lowest BCUT2D eigenvalue weighted by atomic mass is 9.93. The maximum atomic E-state index is 9.34. The van der Waals surface area contributed by atoms with Crippen molar-refractivity contribution in [1.29, 1.82) is 5.26 Å². The molecule has 0 saturated carbocycles. The molecule has 52 heavy (non-hydrogen) atoms. The van der Waals surface area contributed by atoms with Gasteiger partial charge in [0.05, 0.1) is 22.9 Å². The van der Waals surface area contributed by atoms with Crippen LogP contribution in [0.2, 0.25) is 5.02 Å². The zero-order valence-corrected chi connectivity index (χ0v) is 31.8. The molecule has 10 heteroatoms. The maximum Gasteiger partial charge on any atom is 0.142 e. The first kappa shape index (κ1) is 37.3. The van der Waals surface area contributed by atoms with Gasteiger partial charge in [0.2, 0.25) is 0 Å². The number of hydrogen-bond donors (Lipinski definition) is 1. The zero-order valence-electron chi connectivity index (χ0n) is 30.2. The van der Waals surface area contributed by atoms with E-state index < -0.39 is 0 Å². The van der Waals surface area contributed by atoms with E-state index in [1.807, 2.05) is 12.1 Å². The lowest BCUT2D eigenvalue weighted by molar-refractivity contribution is 0.262. The first-order chi connectivity index (χ1) is 25.4. The summed E-state index contributed by atoms with van der Waals surface area (Å²) in [5, 5.41) is 16.4. The van der Waals surface area contributed by atoms with Gasteiger partial charge in [0, 0.05) is 54.6 Å². The number of rotatable bonds is 17. The van der Waals surface area contributed by atoms with Crippen molar-refractivity contribution in [1.82, 2.24) is 20.2 Å². The molecule has 2 aromatic heterocycles. The van der Waals surface area contributed by atoms with Crippen molar-refractivity contribution in [3.63, 3.8) is 0 Å². The number of aromatic nitrogens is 2. The number of hydrogen-bond acceptors (Lipinski definition) is 9. The van der Waals surface area contributed by atoms with E-state index in [-0.39, 0.29) is 6.61 Å². The van der Waals surface area contributed by atoms with Gasteiger partial charge in [-0.05, 0) is 98.6 Å². The number of nitrogens with zero attached hydrogens (tertiary/aromatic N) is 4. The maximum absolute atomic E-state index is 9.34. The largest absolute Gasteiger partial charge is 0.493 e. The number of likely N-dealkylation sites (tertiary alicyclic amines) is 1. The lowest BCUT2D eigenvalue weighted by Gasteiger charge is -2.18. The number of thiazole rings is 1. The minimum Gasteiger partial charge on any atom is -0.493 e. The Morgan fingerprint density at radius 1 is 0.885 bits per heavy atom. The van der Waals surface area contributed by atoms with Gasteiger partial charge in [-0.15, -0.1) is 11.3 Å². The highest BCUT2D eigenvalue weighted by molar-refractivity contribution is 7.09. The Kier molecular flexibility index (Phi) is 13.2. The molecule has 3 heterocycles. The van der Waals surface area contributed by atoms with Crippen LogP contribution in [0.5, 0.6) is 17.2 Å². The van der Waals surface area contributed by atoms with Crippen LogP contribution < -0.4 is 19.5 Å². The molecule has 5 aromatic rings. The van der Waals surface area contributed by atoms with E-state index in [9.17, 15) is 5.26 Å². The topological polar surface area (TPSA) is 92.5 Å². The molecule has 1 N–H and O–H groups in total. The van der Waals surface area contributed by atoms with Crippen molar-refractivity contribution in [3.05, 3.63) is 121 Å². The van der Waals surface area contributed by atoms with E-state index in [1.54, 1.807) is 23.6 Å². The fourth-order valence-electron chi connectivity index (χ4n) is 6.47. The highest BCUT2D eigenvalue weighted by atomic mass is 35.5. The summed E-state index contributed by atoms with van der Waals surface area (Å²) in [6.45, 7) is 12.3. The predicted molar refractivity (Wildman–Crippen MR) is 208 cm³/mol. The van der Waals surface area contributed by atoms with Crippen LogP contribution in [0.3, 0.4) is 0 Å². The fourth-order valence-corrected chi connectivity index (χ4v) is 7.56. The molecule has 1 aliphatic rings. The molecule has 1 saturated heterocycles. The quantitative estimate of drug-likeness (QED) is 0.0946. The molecule has 8 nitrogen and oxygen atoms in total. The predicted octanol–water partition coefficient (Wildman–Crippen LogP) is 9.22. The highest BCUT2D eigenvalue weighted by Crippen LogP contribution is 2.36. The van der Waals surface area contributed by atoms with Gasteiger partial charge in [0.1, 0.15) is 41.5 Å². The van der Waals surface area contributed by atoms with E-state index in [0.29, 0.717) is 48.4 Å². The highest BCUT2D eigenvalue weighted by Gasteiger charge is 2.16. The Morgan fingerprint density at radius 2 is 1.67 bits per heavy atom. The smallest absolute Gasteiger partial charge is 0.142 e. The summed E-state index contributed by atoms with van der Waals surface area (Å²) >= 11 is 8.51. The summed E-state index contributed by atoms with van der Waals surface area (Å²) in [5.74, 6) is 2.10. The molecule has 3 aromatic carbocycles. The molecule has 0 bridgehead atoms. The van der Waals surface area contributed by atoms with Crippen molar-refractivity contribution in [2.45, 2.75) is 72.8 Å². The number of nitriles is 1. The molecule has 0 aliphatic carbocycles. The van der Waals surface area contributed by atoms with Crippen LogP contribution in [0.25, 0.3) is 11.1 Å². The van der Waals surface area contributed by atoms with E-state index >= 15 is 0 Å². The van der Waals surface area contributed by atoms with Crippen molar-refractivity contribution >= 4 is 22.9 Å². The minimum absolute atomic E-state index is 0.241. The standard InChI is InChI=1S/C42H46ClN5O3S/c1-4-35-28-52-42(47-35)25-46-24-34-19-38(43)41(20-40(34)50-26-32-18-31(21-44)22-45-23-32)51-27-33-10-7-11-36(29(33)2)37-12-8-13-39(30(37)3)49-17-9-16-48-14-5-6-15-48/h7-8,10-13,18-20,22-23,28,46H,4-6,9,14-17,24-27H2,1-3H3. The fraction of sp³-hybridized carbons (Fsp3) is 0.357. The summed E-state index contributed by atoms with van der Waals surface area (Å²) < 4.78 is 19.0. The second kappa shape index (κ2) is 18.3. The first-order valence-electron chi connectivity index (χ1n) is 18.0. The van der Waals surface area contributed by atoms with E-state index in [4.69, 9.17) is 25.8 Å². The Morgan fingerprint density at radius 3 is 2.46 bits per heavy atom. The average molecular weight is 736 g/mol. The average Bonchev–Trinajstić information content (AvgIpc) is 3.86. The van der Waals surface area contributed by atoms with Gasteiger partial charge in [-0.3, -0.25) is 4.98 Å². The van der Waals surface area contributed by atoms with Gasteiger partial charge in [-0.2, -0.15) is 5.26 Å². The van der Waals surface area contributed by atoms with Gasteiger partial charge < -0.3 is 24.4 Å². The summed E-state index contributed by atoms with van der Waals surface area (Å²) in [5.41, 5.74) is 8.91. The van der Waals surface area contributed by atoms with Crippen molar-refractivity contribution < 1.29 is 14.2 Å². The molecular formula is C42H46ClN5O3S. The monoisotopic (exact) mass is 735 g/mol. The molecule has 1 aliphatic heterocycles. The number of aryl methyl sites for hydroxylation is 1. The molecule has 6 rings (SSSR count). The summed E-state index contributed by atoms with van der Waals surface area (Å²) in [4.78, 5) is 11.4. The number of nitrogens with one attached hydrogen (secondary N) is 1. The third-order valence-corrected chi connectivity index (χ3v) is 10.7. The molecular weight excluding hydrogens is 690 g/mol. The summed E-state index contributed by atoms with van der Waals surface area (Å²) in [6.07, 6.45) is 7.80. The van der Waals surface area contributed by atoms with E-state index in [1.165, 1.54) is 32.1 Å². The SMILES string of the molecule is CCc1csc(CNCc2cc(Cl)c(OCc3cccc(-c4cccc(OCCCN5CCCC5)c4C)c3C)cc2OCc2cncc(C#N)c2)n1. The molecule has 0 amide bonds. The minimum atomic E-state index is 0.241. The van der Waals surface area contributed by atoms with Gasteiger partial charge in [0.25, 0.3) is 0 Å². The van der Waals surface area contributed by atoms with Crippen LogP contribution in [0.15, 0.2) is 72.4 Å². The van der Waals surface area contributed by atoms with Gasteiger partial charge in [-0.1, -0.05) is 48.9 Å². The number of pyridine rings is 1. The molecule has 1 fully saturated rings. The Balaban J connectivity index is 1.16. The second-order valence-corrected chi connectivity index (χ2v) is 14.5. The Labute approximate surface area is 316 Å². The Bertz CT molecular complexity index is 2000. The third kappa shape index (κ3) is 9.69. The van der Waals surface area contributed by atoms with Gasteiger partial charge in [-0.25, -0.2) is 4.98 Å². The summed E-state index contributed by atoms with van der Waals surface area (Å²) in [6, 6.07) is 20.3. The van der Waals surface area contributed by atoms with E-state index in [2.05, 4.69) is 88.8 Å². The normalized spacial score (nSPS) is 12.9. The zero-order chi connectivity index (χ0) is 36.3. The Hall–Kier alpha value is -4.46. The van der Waals surface area contributed by atoms with Crippen LogP contribution >= 0.6 is 22.9 Å². The number of ether oxygens (including phenoxy) is 3. The van der Waals surface area contributed by atoms with Gasteiger partial charge in [0.15, 0.2) is 0 Å². The molecule has 0 unspecified atom stereocenters. The molecule has 0 spiro atoms. The van der Waals surface area contributed by atoms with Crippen LogP contribution in [0, 0.1) is 25.2 Å². The van der Waals surface area contributed by atoms with Crippen LogP contribution in [-0.4, -0.2) is 41.1 Å². The molecule has 270 valence electrons. The lowest BCUT2D eigenvalue weighted by Crippen LogP contribution is -2.22. The number of benzene rings is 3.